The molecule has 1 aromatic carbocycles. The van der Waals surface area contributed by atoms with Gasteiger partial charge in [0.05, 0.1) is 9.40 Å². The molecular weight excluding hydrogens is 387 g/mol. The number of hydrogen-bond acceptors (Lipinski definition) is 4. The van der Waals surface area contributed by atoms with Crippen LogP contribution < -0.4 is 4.74 Å². The lowest BCUT2D eigenvalue weighted by molar-refractivity contribution is -0.385. The Kier molecular flexibility index (Phi) is 4.11. The summed E-state index contributed by atoms with van der Waals surface area (Å²) in [6.07, 6.45) is 1.33. The van der Waals surface area contributed by atoms with Gasteiger partial charge in [0.2, 0.25) is 5.75 Å². The molecule has 8 heteroatoms. The van der Waals surface area contributed by atoms with Gasteiger partial charge < -0.3 is 4.74 Å². The second-order valence-electron chi connectivity index (χ2n) is 3.39. The lowest BCUT2D eigenvalue weighted by Crippen LogP contribution is -1.97. The third-order valence-electron chi connectivity index (χ3n) is 2.12. The van der Waals surface area contributed by atoms with Crippen molar-refractivity contribution in [3.63, 3.8) is 0 Å². The molecule has 0 spiro atoms. The molecule has 0 unspecified atom stereocenters. The van der Waals surface area contributed by atoms with E-state index < -0.39 is 10.7 Å². The monoisotopic (exact) mass is 390 g/mol. The number of halogens is 3. The molecule has 0 aliphatic carbocycles. The van der Waals surface area contributed by atoms with Crippen LogP contribution in [0.3, 0.4) is 0 Å². The molecule has 19 heavy (non-hydrogen) atoms. The highest BCUT2D eigenvalue weighted by Gasteiger charge is 2.20. The first-order chi connectivity index (χ1) is 8.99. The first-order valence-electron chi connectivity index (χ1n) is 4.91. The molecule has 0 amide bonds. The molecule has 0 saturated carbocycles. The highest BCUT2D eigenvalue weighted by atomic mass is 79.9. The Hall–Kier alpha value is -1.54. The maximum absolute atomic E-state index is 13.6. The van der Waals surface area contributed by atoms with E-state index in [1.54, 1.807) is 6.07 Å². The van der Waals surface area contributed by atoms with Crippen molar-refractivity contribution in [2.24, 2.45) is 0 Å². The van der Waals surface area contributed by atoms with Gasteiger partial charge in [-0.3, -0.25) is 10.1 Å². The van der Waals surface area contributed by atoms with Crippen LogP contribution in [0.1, 0.15) is 0 Å². The SMILES string of the molecule is O=[N+]([O-])c1cccc(Br)c1Oc1ncc(Br)cc1F. The third kappa shape index (κ3) is 3.07. The van der Waals surface area contributed by atoms with Gasteiger partial charge in [0, 0.05) is 16.7 Å². The summed E-state index contributed by atoms with van der Waals surface area (Å²) in [5.74, 6) is -1.15. The summed E-state index contributed by atoms with van der Waals surface area (Å²) in [5.41, 5.74) is -0.279. The van der Waals surface area contributed by atoms with E-state index in [2.05, 4.69) is 36.8 Å². The lowest BCUT2D eigenvalue weighted by Gasteiger charge is -2.07. The van der Waals surface area contributed by atoms with Crippen LogP contribution in [0.25, 0.3) is 0 Å². The Morgan fingerprint density at radius 3 is 2.74 bits per heavy atom. The number of rotatable bonds is 3. The van der Waals surface area contributed by atoms with Gasteiger partial charge in [0.25, 0.3) is 5.88 Å². The van der Waals surface area contributed by atoms with Gasteiger partial charge >= 0.3 is 5.69 Å². The van der Waals surface area contributed by atoms with E-state index in [0.29, 0.717) is 8.95 Å². The van der Waals surface area contributed by atoms with Crippen molar-refractivity contribution in [3.05, 3.63) is 55.3 Å². The number of ether oxygens (including phenoxy) is 1. The van der Waals surface area contributed by atoms with E-state index in [4.69, 9.17) is 4.74 Å². The number of nitro benzene ring substituents is 1. The maximum Gasteiger partial charge on any atom is 0.312 e. The van der Waals surface area contributed by atoms with E-state index in [1.165, 1.54) is 18.3 Å². The first-order valence-corrected chi connectivity index (χ1v) is 6.49. The number of aromatic nitrogens is 1. The lowest BCUT2D eigenvalue weighted by atomic mass is 10.3. The van der Waals surface area contributed by atoms with Crippen LogP contribution in [0.5, 0.6) is 11.6 Å². The van der Waals surface area contributed by atoms with Crippen molar-refractivity contribution in [3.8, 4) is 11.6 Å². The number of nitrogens with zero attached hydrogens (tertiary/aromatic N) is 2. The van der Waals surface area contributed by atoms with Crippen LogP contribution in [0.4, 0.5) is 10.1 Å². The minimum Gasteiger partial charge on any atom is -0.428 e. The largest absolute Gasteiger partial charge is 0.428 e. The summed E-state index contributed by atoms with van der Waals surface area (Å²) < 4.78 is 19.6. The van der Waals surface area contributed by atoms with E-state index >= 15 is 0 Å². The van der Waals surface area contributed by atoms with Gasteiger partial charge in [-0.15, -0.1) is 0 Å². The summed E-state index contributed by atoms with van der Waals surface area (Å²) >= 11 is 6.18. The normalized spacial score (nSPS) is 10.3. The molecule has 0 radical (unpaired) electrons. The highest BCUT2D eigenvalue weighted by Crippen LogP contribution is 2.38. The van der Waals surface area contributed by atoms with Gasteiger partial charge in [-0.1, -0.05) is 6.07 Å². The summed E-state index contributed by atoms with van der Waals surface area (Å²) in [4.78, 5) is 14.0. The molecule has 0 N–H and O–H groups in total. The van der Waals surface area contributed by atoms with Crippen molar-refractivity contribution >= 4 is 37.5 Å². The topological polar surface area (TPSA) is 65.3 Å². The number of benzene rings is 1. The van der Waals surface area contributed by atoms with E-state index in [9.17, 15) is 14.5 Å². The molecule has 1 aromatic heterocycles. The zero-order valence-electron chi connectivity index (χ0n) is 9.14. The molecule has 0 aliphatic heterocycles. The molecule has 0 atom stereocenters. The van der Waals surface area contributed by atoms with Crippen LogP contribution in [0.2, 0.25) is 0 Å². The van der Waals surface area contributed by atoms with Crippen LogP contribution in [-0.4, -0.2) is 9.91 Å². The molecule has 0 bridgehead atoms. The fourth-order valence-corrected chi connectivity index (χ4v) is 2.06. The molecule has 0 fully saturated rings. The highest BCUT2D eigenvalue weighted by molar-refractivity contribution is 9.10. The van der Waals surface area contributed by atoms with Crippen LogP contribution >= 0.6 is 31.9 Å². The number of para-hydroxylation sites is 1. The number of hydrogen-bond donors (Lipinski definition) is 0. The van der Waals surface area contributed by atoms with E-state index in [-0.39, 0.29) is 17.3 Å². The van der Waals surface area contributed by atoms with Gasteiger partial charge in [0.15, 0.2) is 5.82 Å². The summed E-state index contributed by atoms with van der Waals surface area (Å²) in [7, 11) is 0. The Balaban J connectivity index is 2.46. The smallest absolute Gasteiger partial charge is 0.312 e. The van der Waals surface area contributed by atoms with Crippen LogP contribution in [-0.2, 0) is 0 Å². The fraction of sp³-hybridized carbons (Fsp3) is 0. The first kappa shape index (κ1) is 13.9. The van der Waals surface area contributed by atoms with Gasteiger partial charge in [0.1, 0.15) is 0 Å². The van der Waals surface area contributed by atoms with Crippen molar-refractivity contribution in [2.45, 2.75) is 0 Å². The van der Waals surface area contributed by atoms with Crippen molar-refractivity contribution in [1.82, 2.24) is 4.98 Å². The van der Waals surface area contributed by atoms with Gasteiger partial charge in [-0.2, -0.15) is 0 Å². The standard InChI is InChI=1S/C11H5Br2FN2O3/c12-6-4-8(14)11(15-5-6)19-10-7(13)2-1-3-9(10)16(17)18/h1-5H. The number of nitro groups is 1. The Bertz CT molecular complexity index is 652. The molecule has 0 saturated heterocycles. The molecule has 5 nitrogen and oxygen atoms in total. The molecule has 1 heterocycles. The Morgan fingerprint density at radius 2 is 2.11 bits per heavy atom. The van der Waals surface area contributed by atoms with Crippen molar-refractivity contribution in [2.75, 3.05) is 0 Å². The van der Waals surface area contributed by atoms with Crippen LogP contribution in [0, 0.1) is 15.9 Å². The quantitative estimate of drug-likeness (QED) is 0.572. The van der Waals surface area contributed by atoms with Gasteiger partial charge in [-0.05, 0) is 44.0 Å². The van der Waals surface area contributed by atoms with E-state index in [1.807, 2.05) is 0 Å². The van der Waals surface area contributed by atoms with Crippen molar-refractivity contribution in [1.29, 1.82) is 0 Å². The second kappa shape index (κ2) is 5.62. The predicted molar refractivity (Wildman–Crippen MR) is 72.8 cm³/mol. The average Bonchev–Trinajstić information content (AvgIpc) is 2.34. The summed E-state index contributed by atoms with van der Waals surface area (Å²) in [6.45, 7) is 0. The average molecular weight is 392 g/mol. The summed E-state index contributed by atoms with van der Waals surface area (Å²) in [6, 6.07) is 5.46. The fourth-order valence-electron chi connectivity index (χ4n) is 1.32. The Morgan fingerprint density at radius 1 is 1.37 bits per heavy atom. The maximum atomic E-state index is 13.6. The van der Waals surface area contributed by atoms with Crippen molar-refractivity contribution < 1.29 is 14.1 Å². The third-order valence-corrected chi connectivity index (χ3v) is 3.17. The summed E-state index contributed by atoms with van der Waals surface area (Å²) in [5, 5.41) is 10.9. The predicted octanol–water partition coefficient (Wildman–Crippen LogP) is 4.45. The molecule has 2 rings (SSSR count). The van der Waals surface area contributed by atoms with E-state index in [0.717, 1.165) is 6.07 Å². The Labute approximate surface area is 123 Å². The van der Waals surface area contributed by atoms with Gasteiger partial charge in [-0.25, -0.2) is 9.37 Å². The number of pyridine rings is 1. The zero-order valence-corrected chi connectivity index (χ0v) is 12.3. The second-order valence-corrected chi connectivity index (χ2v) is 5.16. The minimum atomic E-state index is -0.723. The van der Waals surface area contributed by atoms with Crippen LogP contribution in [0.15, 0.2) is 39.4 Å². The molecule has 0 aliphatic rings. The molecule has 2 aromatic rings. The molecule has 98 valence electrons. The minimum absolute atomic E-state index is 0.0961. The zero-order chi connectivity index (χ0) is 14.0. The molecular formula is C11H5Br2FN2O3.